The van der Waals surface area contributed by atoms with Gasteiger partial charge in [-0.2, -0.15) is 0 Å². The summed E-state index contributed by atoms with van der Waals surface area (Å²) in [4.78, 5) is 32.0. The third kappa shape index (κ3) is 6.32. The van der Waals surface area contributed by atoms with E-state index >= 15 is 0 Å². The van der Waals surface area contributed by atoms with Crippen LogP contribution in [0.4, 0.5) is 0 Å². The van der Waals surface area contributed by atoms with Gasteiger partial charge in [0.15, 0.2) is 0 Å². The Morgan fingerprint density at radius 3 is 2.58 bits per heavy atom. The van der Waals surface area contributed by atoms with Crippen molar-refractivity contribution in [3.8, 4) is 0 Å². The monoisotopic (exact) mass is 477 g/mol. The number of aliphatic imine (C=N–C) groups is 1. The van der Waals surface area contributed by atoms with Gasteiger partial charge in [0.05, 0.1) is 11.4 Å². The second kappa shape index (κ2) is 11.1. The van der Waals surface area contributed by atoms with E-state index in [9.17, 15) is 18.0 Å². The highest BCUT2D eigenvalue weighted by molar-refractivity contribution is 7.90. The van der Waals surface area contributed by atoms with Gasteiger partial charge in [-0.3, -0.25) is 24.2 Å². The molecule has 0 radical (unpaired) electrons. The Morgan fingerprint density at radius 2 is 1.91 bits per heavy atom. The number of amidine groups is 1. The van der Waals surface area contributed by atoms with Crippen molar-refractivity contribution in [1.29, 1.82) is 0 Å². The van der Waals surface area contributed by atoms with Crippen molar-refractivity contribution in [2.45, 2.75) is 63.4 Å². The quantitative estimate of drug-likeness (QED) is 0.494. The van der Waals surface area contributed by atoms with Gasteiger partial charge in [0.25, 0.3) is 10.0 Å². The molecule has 0 spiro atoms. The molecule has 0 aliphatic carbocycles. The average molecular weight is 478 g/mol. The molecule has 33 heavy (non-hydrogen) atoms. The Kier molecular flexibility index (Phi) is 8.47. The van der Waals surface area contributed by atoms with E-state index in [0.717, 1.165) is 38.8 Å². The normalized spacial score (nSPS) is 21.1. The van der Waals surface area contributed by atoms with Crippen LogP contribution in [0.25, 0.3) is 0 Å². The van der Waals surface area contributed by atoms with Crippen LogP contribution in [0.15, 0.2) is 34.2 Å². The lowest BCUT2D eigenvalue weighted by Gasteiger charge is -2.32. The predicted octanol–water partition coefficient (Wildman–Crippen LogP) is 1.25. The van der Waals surface area contributed by atoms with Crippen LogP contribution in [0, 0.1) is 5.92 Å². The van der Waals surface area contributed by atoms with Gasteiger partial charge in [-0.15, -0.1) is 0 Å². The summed E-state index contributed by atoms with van der Waals surface area (Å²) in [5.74, 6) is 0.00179. The highest BCUT2D eigenvalue weighted by Gasteiger charge is 2.34. The molecule has 1 saturated heterocycles. The molecule has 1 aromatic rings. The predicted molar refractivity (Wildman–Crippen MR) is 127 cm³/mol. The van der Waals surface area contributed by atoms with Gasteiger partial charge in [-0.25, -0.2) is 8.42 Å². The van der Waals surface area contributed by atoms with Gasteiger partial charge in [-0.05, 0) is 37.3 Å². The number of benzene rings is 1. The molecule has 2 aliphatic rings. The van der Waals surface area contributed by atoms with Crippen LogP contribution in [0.2, 0.25) is 0 Å². The average Bonchev–Trinajstić information content (AvgIpc) is 3.06. The third-order valence-electron chi connectivity index (χ3n) is 6.26. The molecular weight excluding hydrogens is 442 g/mol. The van der Waals surface area contributed by atoms with Gasteiger partial charge in [0.2, 0.25) is 11.8 Å². The number of nitrogens with one attached hydrogen (secondary N) is 3. The maximum atomic E-state index is 13.2. The molecule has 182 valence electrons. The number of carbonyl (C=O) groups excluding carboxylic acids is 2. The fourth-order valence-electron chi connectivity index (χ4n) is 4.08. The number of rotatable bonds is 9. The molecule has 3 rings (SSSR count). The van der Waals surface area contributed by atoms with Gasteiger partial charge >= 0.3 is 0 Å². The van der Waals surface area contributed by atoms with Crippen molar-refractivity contribution >= 4 is 27.7 Å². The summed E-state index contributed by atoms with van der Waals surface area (Å²) in [7, 11) is -3.66. The van der Waals surface area contributed by atoms with E-state index in [1.807, 2.05) is 20.8 Å². The fourth-order valence-corrected chi connectivity index (χ4v) is 5.32. The highest BCUT2D eigenvalue weighted by atomic mass is 32.2. The highest BCUT2D eigenvalue weighted by Crippen LogP contribution is 2.24. The molecule has 2 amide bonds. The van der Waals surface area contributed by atoms with E-state index in [0.29, 0.717) is 18.7 Å². The number of nitrogens with zero attached hydrogens (tertiary/aromatic N) is 2. The number of sulfonamides is 1. The van der Waals surface area contributed by atoms with Crippen molar-refractivity contribution in [3.05, 3.63) is 29.8 Å². The molecule has 2 aliphatic heterocycles. The standard InChI is InChI=1S/C23H35N5O4S/c1-4-12-24-20(29)15-28-13-10-17(11-14-28)25-23(30)21(16(3)5-2)26-22-18-8-6-7-9-19(18)33(31,32)27-22/h6-9,16-17,21H,4-5,10-15H2,1-3H3,(H,24,29)(H,25,30)(H,26,27)/t16-,21-/m0/s1. The van der Waals surface area contributed by atoms with E-state index < -0.39 is 16.1 Å². The number of piperidine rings is 1. The Balaban J connectivity index is 1.64. The molecular formula is C23H35N5O4S. The molecule has 0 bridgehead atoms. The molecule has 0 saturated carbocycles. The fraction of sp³-hybridized carbons (Fsp3) is 0.609. The summed E-state index contributed by atoms with van der Waals surface area (Å²) < 4.78 is 27.3. The first kappa shape index (κ1) is 25.2. The maximum Gasteiger partial charge on any atom is 0.263 e. The van der Waals surface area contributed by atoms with Crippen LogP contribution in [0.5, 0.6) is 0 Å². The van der Waals surface area contributed by atoms with Crippen molar-refractivity contribution in [3.63, 3.8) is 0 Å². The lowest BCUT2D eigenvalue weighted by atomic mass is 9.97. The zero-order valence-corrected chi connectivity index (χ0v) is 20.5. The maximum absolute atomic E-state index is 13.2. The molecule has 9 nitrogen and oxygen atoms in total. The van der Waals surface area contributed by atoms with E-state index in [1.165, 1.54) is 6.07 Å². The third-order valence-corrected chi connectivity index (χ3v) is 7.65. The van der Waals surface area contributed by atoms with Gasteiger partial charge in [0.1, 0.15) is 11.9 Å². The Bertz CT molecular complexity index is 986. The summed E-state index contributed by atoms with van der Waals surface area (Å²) in [5.41, 5.74) is 0.494. The van der Waals surface area contributed by atoms with Crippen LogP contribution in [-0.2, 0) is 19.6 Å². The first-order valence-corrected chi connectivity index (χ1v) is 13.2. The van der Waals surface area contributed by atoms with Crippen molar-refractivity contribution in [1.82, 2.24) is 20.3 Å². The molecule has 1 aromatic carbocycles. The van der Waals surface area contributed by atoms with Gasteiger partial charge in [0, 0.05) is 31.2 Å². The van der Waals surface area contributed by atoms with E-state index in [2.05, 4.69) is 25.2 Å². The van der Waals surface area contributed by atoms with Crippen molar-refractivity contribution in [2.24, 2.45) is 10.9 Å². The number of fused-ring (bicyclic) bond motifs is 1. The summed E-state index contributed by atoms with van der Waals surface area (Å²) in [5, 5.41) is 6.00. The molecule has 2 atom stereocenters. The largest absolute Gasteiger partial charge is 0.355 e. The number of hydrogen-bond acceptors (Lipinski definition) is 6. The number of carbonyl (C=O) groups is 2. The summed E-state index contributed by atoms with van der Waals surface area (Å²) in [6.07, 6.45) is 3.15. The van der Waals surface area contributed by atoms with Gasteiger partial charge < -0.3 is 10.6 Å². The van der Waals surface area contributed by atoms with Crippen LogP contribution in [0.1, 0.15) is 52.0 Å². The lowest BCUT2D eigenvalue weighted by molar-refractivity contribution is -0.125. The molecule has 0 aromatic heterocycles. The minimum Gasteiger partial charge on any atom is -0.355 e. The molecule has 2 heterocycles. The molecule has 1 fully saturated rings. The molecule has 10 heteroatoms. The van der Waals surface area contributed by atoms with Gasteiger partial charge in [-0.1, -0.05) is 39.3 Å². The van der Waals surface area contributed by atoms with Crippen molar-refractivity contribution < 1.29 is 18.0 Å². The number of likely N-dealkylation sites (tertiary alicyclic amines) is 1. The Labute approximate surface area is 196 Å². The second-order valence-electron chi connectivity index (χ2n) is 8.82. The summed E-state index contributed by atoms with van der Waals surface area (Å²) in [6.45, 7) is 8.49. The first-order chi connectivity index (χ1) is 15.7. The summed E-state index contributed by atoms with van der Waals surface area (Å²) in [6, 6.07) is 5.97. The Morgan fingerprint density at radius 1 is 1.21 bits per heavy atom. The van der Waals surface area contributed by atoms with Crippen LogP contribution < -0.4 is 15.4 Å². The van der Waals surface area contributed by atoms with E-state index in [-0.39, 0.29) is 34.5 Å². The second-order valence-corrected chi connectivity index (χ2v) is 10.5. The van der Waals surface area contributed by atoms with E-state index in [4.69, 9.17) is 0 Å². The van der Waals surface area contributed by atoms with Crippen molar-refractivity contribution in [2.75, 3.05) is 26.2 Å². The first-order valence-electron chi connectivity index (χ1n) is 11.7. The van der Waals surface area contributed by atoms with Crippen LogP contribution in [-0.4, -0.2) is 69.2 Å². The minimum atomic E-state index is -3.66. The zero-order chi connectivity index (χ0) is 24.0. The zero-order valence-electron chi connectivity index (χ0n) is 19.6. The smallest absolute Gasteiger partial charge is 0.263 e. The topological polar surface area (TPSA) is 120 Å². The molecule has 3 N–H and O–H groups in total. The number of amides is 2. The Hall–Kier alpha value is -2.46. The molecule has 0 unspecified atom stereocenters. The summed E-state index contributed by atoms with van der Waals surface area (Å²) >= 11 is 0. The van der Waals surface area contributed by atoms with Crippen LogP contribution in [0.3, 0.4) is 0 Å². The SMILES string of the molecule is CCCNC(=O)CN1CCC(NC(=O)[C@@H](N=C2NS(=O)(=O)c3ccccc32)[C@@H](C)CC)CC1. The number of hydrogen-bond donors (Lipinski definition) is 3. The van der Waals surface area contributed by atoms with E-state index in [1.54, 1.807) is 18.2 Å². The van der Waals surface area contributed by atoms with Crippen LogP contribution >= 0.6 is 0 Å². The minimum absolute atomic E-state index is 0.00626. The lowest BCUT2D eigenvalue weighted by Crippen LogP contribution is -2.50.